The molecule has 208 valence electrons. The summed E-state index contributed by atoms with van der Waals surface area (Å²) < 4.78 is 15.3. The molecule has 0 aliphatic rings. The molecule has 0 spiro atoms. The smallest absolute Gasteiger partial charge is 0.459 e. The van der Waals surface area contributed by atoms with Gasteiger partial charge < -0.3 is 19.1 Å². The SMILES string of the molecule is CN(CC(=O)OC(C)(C)C)C(=O)c1ccc(/N=N/c2ccc(COC(=O)Oc3ccc([N+](=O)[O-])cc3)cc2)cc1. The van der Waals surface area contributed by atoms with E-state index >= 15 is 0 Å². The number of rotatable bonds is 9. The van der Waals surface area contributed by atoms with Crippen molar-refractivity contribution in [1.29, 1.82) is 0 Å². The molecule has 1 amide bonds. The Bertz CT molecular complexity index is 1380. The molecule has 0 unspecified atom stereocenters. The van der Waals surface area contributed by atoms with Gasteiger partial charge in [0.05, 0.1) is 16.3 Å². The number of nitro benzene ring substituents is 1. The molecule has 3 rings (SSSR count). The van der Waals surface area contributed by atoms with Crippen molar-refractivity contribution >= 4 is 35.1 Å². The molecule has 0 aromatic heterocycles. The monoisotopic (exact) mass is 548 g/mol. The Hall–Kier alpha value is -5.13. The lowest BCUT2D eigenvalue weighted by Gasteiger charge is -2.22. The highest BCUT2D eigenvalue weighted by Crippen LogP contribution is 2.21. The molecule has 12 nitrogen and oxygen atoms in total. The summed E-state index contributed by atoms with van der Waals surface area (Å²) in [5, 5.41) is 19.0. The lowest BCUT2D eigenvalue weighted by Crippen LogP contribution is -2.36. The number of non-ortho nitro benzene ring substituents is 1. The van der Waals surface area contributed by atoms with E-state index in [4.69, 9.17) is 14.2 Å². The number of azo groups is 1. The van der Waals surface area contributed by atoms with Crippen molar-refractivity contribution in [2.24, 2.45) is 10.2 Å². The number of carbonyl (C=O) groups excluding carboxylic acids is 3. The molecule has 0 saturated heterocycles. The number of nitrogens with zero attached hydrogens (tertiary/aromatic N) is 4. The average molecular weight is 549 g/mol. The number of amides is 1. The predicted octanol–water partition coefficient (Wildman–Crippen LogP) is 6.14. The molecule has 0 N–H and O–H groups in total. The quantitative estimate of drug-likeness (QED) is 0.102. The molecular weight excluding hydrogens is 520 g/mol. The summed E-state index contributed by atoms with van der Waals surface area (Å²) in [5.41, 5.74) is 1.39. The predicted molar refractivity (Wildman–Crippen MR) is 144 cm³/mol. The number of carbonyl (C=O) groups is 3. The molecule has 3 aromatic rings. The third kappa shape index (κ3) is 9.31. The molecule has 0 saturated carbocycles. The molecule has 0 bridgehead atoms. The Balaban J connectivity index is 1.48. The first-order chi connectivity index (χ1) is 18.9. The summed E-state index contributed by atoms with van der Waals surface area (Å²) in [6.07, 6.45) is -0.949. The molecule has 3 aromatic carbocycles. The van der Waals surface area contributed by atoms with E-state index in [1.807, 2.05) is 0 Å². The van der Waals surface area contributed by atoms with E-state index in [2.05, 4.69) is 10.2 Å². The second-order valence-corrected chi connectivity index (χ2v) is 9.55. The average Bonchev–Trinajstić information content (AvgIpc) is 2.90. The molecule has 0 aliphatic carbocycles. The number of nitro groups is 1. The minimum Gasteiger partial charge on any atom is -0.459 e. The van der Waals surface area contributed by atoms with Gasteiger partial charge in [-0.3, -0.25) is 19.7 Å². The number of hydrogen-bond acceptors (Lipinski definition) is 10. The normalized spacial score (nSPS) is 11.1. The van der Waals surface area contributed by atoms with Crippen LogP contribution >= 0.6 is 0 Å². The van der Waals surface area contributed by atoms with E-state index in [0.717, 1.165) is 0 Å². The standard InChI is InChI=1S/C28H28N4O8/c1-28(2,3)40-25(33)17-31(4)26(34)20-7-11-22(12-8-20)30-29-21-9-5-19(6-10-21)18-38-27(35)39-24-15-13-23(14-16-24)32(36)37/h5-16H,17-18H2,1-4H3/b30-29+. The summed E-state index contributed by atoms with van der Waals surface area (Å²) in [7, 11) is 1.52. The fourth-order valence-electron chi connectivity index (χ4n) is 3.21. The van der Waals surface area contributed by atoms with Gasteiger partial charge in [-0.2, -0.15) is 10.2 Å². The van der Waals surface area contributed by atoms with E-state index in [-0.39, 0.29) is 30.5 Å². The van der Waals surface area contributed by atoms with Gasteiger partial charge in [0.1, 0.15) is 24.5 Å². The van der Waals surface area contributed by atoms with Crippen LogP contribution in [0.2, 0.25) is 0 Å². The van der Waals surface area contributed by atoms with Crippen LogP contribution in [0, 0.1) is 10.1 Å². The number of hydrogen-bond donors (Lipinski definition) is 0. The van der Waals surface area contributed by atoms with Gasteiger partial charge in [0, 0.05) is 24.7 Å². The van der Waals surface area contributed by atoms with Crippen molar-refractivity contribution in [3.8, 4) is 5.75 Å². The van der Waals surface area contributed by atoms with Crippen LogP contribution in [0.1, 0.15) is 36.7 Å². The third-order valence-corrected chi connectivity index (χ3v) is 5.07. The zero-order valence-electron chi connectivity index (χ0n) is 22.4. The van der Waals surface area contributed by atoms with Crippen molar-refractivity contribution in [3.05, 3.63) is 94.0 Å². The van der Waals surface area contributed by atoms with Gasteiger partial charge in [0.25, 0.3) is 11.6 Å². The summed E-state index contributed by atoms with van der Waals surface area (Å²) in [4.78, 5) is 47.8. The maximum Gasteiger partial charge on any atom is 0.514 e. The van der Waals surface area contributed by atoms with E-state index < -0.39 is 22.6 Å². The second kappa shape index (κ2) is 13.1. The van der Waals surface area contributed by atoms with E-state index in [9.17, 15) is 24.5 Å². The number of ether oxygens (including phenoxy) is 3. The number of likely N-dealkylation sites (N-methyl/N-ethyl adjacent to an activating group) is 1. The Labute approximate surface area is 230 Å². The van der Waals surface area contributed by atoms with Crippen LogP contribution in [0.15, 0.2) is 83.0 Å². The maximum absolute atomic E-state index is 12.6. The molecule has 0 heterocycles. The highest BCUT2D eigenvalue weighted by Gasteiger charge is 2.20. The first-order valence-corrected chi connectivity index (χ1v) is 12.1. The van der Waals surface area contributed by atoms with Crippen molar-refractivity contribution in [1.82, 2.24) is 4.90 Å². The summed E-state index contributed by atoms with van der Waals surface area (Å²) in [6, 6.07) is 18.3. The summed E-state index contributed by atoms with van der Waals surface area (Å²) >= 11 is 0. The van der Waals surface area contributed by atoms with Gasteiger partial charge in [-0.15, -0.1) is 0 Å². The van der Waals surface area contributed by atoms with Gasteiger partial charge >= 0.3 is 12.1 Å². The van der Waals surface area contributed by atoms with Crippen LogP contribution in [0.3, 0.4) is 0 Å². The first kappa shape index (κ1) is 29.4. The van der Waals surface area contributed by atoms with E-state index in [1.54, 1.807) is 69.3 Å². The molecule has 0 radical (unpaired) electrons. The van der Waals surface area contributed by atoms with Gasteiger partial charge in [0.2, 0.25) is 0 Å². The van der Waals surface area contributed by atoms with Crippen LogP contribution in [0.4, 0.5) is 21.9 Å². The van der Waals surface area contributed by atoms with Gasteiger partial charge in [-0.1, -0.05) is 12.1 Å². The first-order valence-electron chi connectivity index (χ1n) is 12.1. The second-order valence-electron chi connectivity index (χ2n) is 9.55. The summed E-state index contributed by atoms with van der Waals surface area (Å²) in [6.45, 7) is 5.06. The lowest BCUT2D eigenvalue weighted by molar-refractivity contribution is -0.384. The minimum atomic E-state index is -0.949. The van der Waals surface area contributed by atoms with Crippen LogP contribution < -0.4 is 4.74 Å². The topological polar surface area (TPSA) is 150 Å². The molecule has 12 heteroatoms. The Kier molecular flexibility index (Phi) is 9.63. The fraction of sp³-hybridized carbons (Fsp3) is 0.250. The van der Waals surface area contributed by atoms with Crippen molar-refractivity contribution in [3.63, 3.8) is 0 Å². The van der Waals surface area contributed by atoms with Crippen LogP contribution in [0.25, 0.3) is 0 Å². The Morgan fingerprint density at radius 3 is 1.95 bits per heavy atom. The minimum absolute atomic E-state index is 0.0545. The van der Waals surface area contributed by atoms with Gasteiger partial charge in [0.15, 0.2) is 0 Å². The highest BCUT2D eigenvalue weighted by atomic mass is 16.7. The zero-order chi connectivity index (χ0) is 29.3. The van der Waals surface area contributed by atoms with Crippen molar-refractivity contribution in [2.75, 3.05) is 13.6 Å². The molecule has 0 fully saturated rings. The van der Waals surface area contributed by atoms with Crippen LogP contribution in [0.5, 0.6) is 5.75 Å². The van der Waals surface area contributed by atoms with Gasteiger partial charge in [-0.05, 0) is 74.9 Å². The number of esters is 1. The van der Waals surface area contributed by atoms with Crippen molar-refractivity contribution in [2.45, 2.75) is 33.0 Å². The van der Waals surface area contributed by atoms with Crippen LogP contribution in [-0.2, 0) is 20.9 Å². The fourth-order valence-corrected chi connectivity index (χ4v) is 3.21. The highest BCUT2D eigenvalue weighted by molar-refractivity contribution is 5.96. The van der Waals surface area contributed by atoms with E-state index in [1.165, 1.54) is 36.2 Å². The van der Waals surface area contributed by atoms with Gasteiger partial charge in [-0.25, -0.2) is 4.79 Å². The number of benzene rings is 3. The molecule has 0 atom stereocenters. The van der Waals surface area contributed by atoms with Crippen molar-refractivity contribution < 1.29 is 33.5 Å². The third-order valence-electron chi connectivity index (χ3n) is 5.07. The molecule has 0 aliphatic heterocycles. The summed E-state index contributed by atoms with van der Waals surface area (Å²) in [5.74, 6) is -0.700. The molecule has 40 heavy (non-hydrogen) atoms. The Morgan fingerprint density at radius 1 is 0.875 bits per heavy atom. The lowest BCUT2D eigenvalue weighted by atomic mass is 10.2. The van der Waals surface area contributed by atoms with Crippen LogP contribution in [-0.4, -0.2) is 47.0 Å². The van der Waals surface area contributed by atoms with E-state index in [0.29, 0.717) is 22.5 Å². The largest absolute Gasteiger partial charge is 0.514 e. The Morgan fingerprint density at radius 2 is 1.43 bits per heavy atom. The molecular formula is C28H28N4O8. The maximum atomic E-state index is 12.6. The zero-order valence-corrected chi connectivity index (χ0v) is 22.4.